The summed E-state index contributed by atoms with van der Waals surface area (Å²) in [4.78, 5) is 18.5. The van der Waals surface area contributed by atoms with Gasteiger partial charge >= 0.3 is 5.97 Å². The Hall–Kier alpha value is -5.20. The number of aromatic nitrogens is 3. The molecule has 0 N–H and O–H groups in total. The fraction of sp³-hybridized carbons (Fsp3) is 0.289. The summed E-state index contributed by atoms with van der Waals surface area (Å²) in [5, 5.41) is 5.05. The molecule has 0 saturated heterocycles. The lowest BCUT2D eigenvalue weighted by atomic mass is 9.98. The number of benzene rings is 3. The summed E-state index contributed by atoms with van der Waals surface area (Å²) in [6.45, 7) is 11.6. The van der Waals surface area contributed by atoms with Gasteiger partial charge in [-0.05, 0) is 76.9 Å². The lowest BCUT2D eigenvalue weighted by Gasteiger charge is -2.28. The minimum Gasteiger partial charge on any atom is -0.481 e. The van der Waals surface area contributed by atoms with Gasteiger partial charge in [0.1, 0.15) is 30.5 Å². The molecule has 240 valence electrons. The maximum Gasteiger partial charge on any atom is 0.340 e. The van der Waals surface area contributed by atoms with Crippen molar-refractivity contribution in [2.75, 3.05) is 19.8 Å². The SMILES string of the molecule is CCOC(=O)C(OC(C)(C)C)c1c(C)nc2cc3nn2c1-c1ccc(C)c(c1)OCC#CCOc1cc(F)ccc1-c1cccc-3c1. The van der Waals surface area contributed by atoms with Crippen LogP contribution < -0.4 is 9.47 Å². The summed E-state index contributed by atoms with van der Waals surface area (Å²) in [6, 6.07) is 20.0. The van der Waals surface area contributed by atoms with Crippen molar-refractivity contribution in [3.8, 4) is 57.0 Å². The second-order valence-corrected chi connectivity index (χ2v) is 12.3. The van der Waals surface area contributed by atoms with Crippen LogP contribution in [0.4, 0.5) is 4.39 Å². The van der Waals surface area contributed by atoms with E-state index in [4.69, 9.17) is 29.0 Å². The number of rotatable bonds is 4. The van der Waals surface area contributed by atoms with Crippen molar-refractivity contribution in [2.45, 2.75) is 53.2 Å². The van der Waals surface area contributed by atoms with Crippen LogP contribution in [-0.2, 0) is 14.3 Å². The van der Waals surface area contributed by atoms with Crippen LogP contribution in [0.15, 0.2) is 66.7 Å². The quantitative estimate of drug-likeness (QED) is 0.148. The fourth-order valence-corrected chi connectivity index (χ4v) is 5.59. The van der Waals surface area contributed by atoms with Crippen LogP contribution in [0.5, 0.6) is 11.5 Å². The molecule has 0 amide bonds. The third-order valence-corrected chi connectivity index (χ3v) is 7.66. The Balaban J connectivity index is 1.64. The van der Waals surface area contributed by atoms with E-state index in [-0.39, 0.29) is 19.8 Å². The van der Waals surface area contributed by atoms with Crippen molar-refractivity contribution in [2.24, 2.45) is 0 Å². The zero-order chi connectivity index (χ0) is 33.3. The molecule has 8 nitrogen and oxygen atoms in total. The van der Waals surface area contributed by atoms with E-state index < -0.39 is 23.5 Å². The second-order valence-electron chi connectivity index (χ2n) is 12.3. The first-order chi connectivity index (χ1) is 22.5. The highest BCUT2D eigenvalue weighted by Crippen LogP contribution is 2.39. The first-order valence-electron chi connectivity index (χ1n) is 15.5. The van der Waals surface area contributed by atoms with Crippen LogP contribution in [0.3, 0.4) is 0 Å². The standard InChI is InChI=1S/C38H36FN3O5/c1-7-44-37(43)36(47-38(4,5)6)34-24(3)40-33-22-30-26-12-10-11-25(19-26)29-16-15-28(39)21-32(29)46-18-9-8-17-45-31-20-27(14-13-23(31)2)35(34)42(33)41-30/h10-16,19-22,36H,7,17-18H2,1-6H3. The molecule has 3 aromatic carbocycles. The van der Waals surface area contributed by atoms with E-state index in [1.807, 2.05) is 83.1 Å². The Morgan fingerprint density at radius 3 is 2.45 bits per heavy atom. The molecule has 2 aromatic heterocycles. The van der Waals surface area contributed by atoms with E-state index in [0.717, 1.165) is 27.8 Å². The van der Waals surface area contributed by atoms with Crippen molar-refractivity contribution < 1.29 is 28.1 Å². The Labute approximate surface area is 273 Å². The number of halogens is 1. The molecule has 1 aliphatic heterocycles. The van der Waals surface area contributed by atoms with Gasteiger partial charge in [0.2, 0.25) is 0 Å². The number of hydrogen-bond donors (Lipinski definition) is 0. The van der Waals surface area contributed by atoms with Crippen molar-refractivity contribution in [1.29, 1.82) is 0 Å². The van der Waals surface area contributed by atoms with Gasteiger partial charge < -0.3 is 18.9 Å². The van der Waals surface area contributed by atoms with Gasteiger partial charge in [0.05, 0.1) is 23.6 Å². The lowest BCUT2D eigenvalue weighted by molar-refractivity contribution is -0.166. The zero-order valence-corrected chi connectivity index (χ0v) is 27.3. The van der Waals surface area contributed by atoms with Crippen LogP contribution in [0, 0.1) is 31.5 Å². The van der Waals surface area contributed by atoms with Gasteiger partial charge in [-0.25, -0.2) is 18.7 Å². The molecule has 0 aliphatic carbocycles. The Kier molecular flexibility index (Phi) is 8.71. The summed E-state index contributed by atoms with van der Waals surface area (Å²) in [5.74, 6) is 6.03. The molecule has 0 saturated carbocycles. The highest BCUT2D eigenvalue weighted by Gasteiger charge is 2.34. The smallest absolute Gasteiger partial charge is 0.340 e. The topological polar surface area (TPSA) is 84.2 Å². The molecule has 0 fully saturated rings. The van der Waals surface area contributed by atoms with Crippen molar-refractivity contribution in [1.82, 2.24) is 14.6 Å². The maximum absolute atomic E-state index is 14.3. The van der Waals surface area contributed by atoms with Crippen molar-refractivity contribution in [3.05, 3.63) is 89.4 Å². The highest BCUT2D eigenvalue weighted by molar-refractivity contribution is 5.83. The van der Waals surface area contributed by atoms with E-state index in [0.29, 0.717) is 39.8 Å². The Morgan fingerprint density at radius 2 is 1.70 bits per heavy atom. The normalized spacial score (nSPS) is 13.3. The summed E-state index contributed by atoms with van der Waals surface area (Å²) < 4.78 is 40.0. The van der Waals surface area contributed by atoms with Crippen molar-refractivity contribution in [3.63, 3.8) is 0 Å². The summed E-state index contributed by atoms with van der Waals surface area (Å²) in [7, 11) is 0. The average molecular weight is 634 g/mol. The molecule has 3 heterocycles. The molecule has 1 aliphatic rings. The monoisotopic (exact) mass is 633 g/mol. The number of nitrogens with zero attached hydrogens (tertiary/aromatic N) is 3. The molecule has 0 radical (unpaired) electrons. The second kappa shape index (κ2) is 12.9. The summed E-state index contributed by atoms with van der Waals surface area (Å²) in [6.07, 6.45) is -1.08. The van der Waals surface area contributed by atoms with Crippen LogP contribution >= 0.6 is 0 Å². The Morgan fingerprint density at radius 1 is 0.957 bits per heavy atom. The number of aryl methyl sites for hydroxylation is 2. The maximum atomic E-state index is 14.3. The number of esters is 1. The van der Waals surface area contributed by atoms with Gasteiger partial charge in [0, 0.05) is 40.1 Å². The number of carbonyl (C=O) groups is 1. The molecule has 5 aromatic rings. The highest BCUT2D eigenvalue weighted by atomic mass is 19.1. The van der Waals surface area contributed by atoms with Gasteiger partial charge in [-0.1, -0.05) is 42.2 Å². The Bertz CT molecular complexity index is 2050. The van der Waals surface area contributed by atoms with E-state index in [1.54, 1.807) is 17.5 Å². The van der Waals surface area contributed by atoms with Gasteiger partial charge in [0.15, 0.2) is 11.8 Å². The average Bonchev–Trinajstić information content (AvgIpc) is 3.45. The number of hydrogen-bond acceptors (Lipinski definition) is 7. The fourth-order valence-electron chi connectivity index (χ4n) is 5.59. The number of fused-ring (bicyclic) bond motifs is 9. The van der Waals surface area contributed by atoms with Gasteiger partial charge in [-0.15, -0.1) is 0 Å². The molecular weight excluding hydrogens is 597 g/mol. The largest absolute Gasteiger partial charge is 0.481 e. The predicted octanol–water partition coefficient (Wildman–Crippen LogP) is 7.68. The van der Waals surface area contributed by atoms with E-state index in [1.165, 1.54) is 12.1 Å². The molecule has 6 bridgehead atoms. The molecule has 1 unspecified atom stereocenters. The van der Waals surface area contributed by atoms with Gasteiger partial charge in [0.25, 0.3) is 0 Å². The van der Waals surface area contributed by atoms with Crippen LogP contribution in [0.2, 0.25) is 0 Å². The molecule has 1 atom stereocenters. The molecular formula is C38H36FN3O5. The third kappa shape index (κ3) is 6.69. The predicted molar refractivity (Wildman–Crippen MR) is 178 cm³/mol. The van der Waals surface area contributed by atoms with E-state index >= 15 is 0 Å². The number of ether oxygens (including phenoxy) is 4. The minimum absolute atomic E-state index is 0.0577. The van der Waals surface area contributed by atoms with Crippen molar-refractivity contribution >= 4 is 11.6 Å². The van der Waals surface area contributed by atoms with Crippen LogP contribution in [-0.4, -0.2) is 46.0 Å². The van der Waals surface area contributed by atoms with E-state index in [2.05, 4.69) is 11.8 Å². The molecule has 47 heavy (non-hydrogen) atoms. The van der Waals surface area contributed by atoms with Crippen LogP contribution in [0.1, 0.15) is 50.6 Å². The number of carbonyl (C=O) groups excluding carboxylic acids is 1. The van der Waals surface area contributed by atoms with Crippen LogP contribution in [0.25, 0.3) is 39.3 Å². The van der Waals surface area contributed by atoms with Gasteiger partial charge in [-0.3, -0.25) is 0 Å². The van der Waals surface area contributed by atoms with Gasteiger partial charge in [-0.2, -0.15) is 5.10 Å². The minimum atomic E-state index is -1.08. The lowest BCUT2D eigenvalue weighted by Crippen LogP contribution is -2.30. The zero-order valence-electron chi connectivity index (χ0n) is 27.3. The first-order valence-corrected chi connectivity index (χ1v) is 15.5. The summed E-state index contributed by atoms with van der Waals surface area (Å²) >= 11 is 0. The molecule has 6 rings (SSSR count). The van der Waals surface area contributed by atoms with E-state index in [9.17, 15) is 9.18 Å². The molecule has 0 spiro atoms. The summed E-state index contributed by atoms with van der Waals surface area (Å²) in [5.41, 5.74) is 6.34. The third-order valence-electron chi connectivity index (χ3n) is 7.66. The first kappa shape index (κ1) is 31.8. The molecule has 9 heteroatoms.